The second-order valence-electron chi connectivity index (χ2n) is 8.35. The average Bonchev–Trinajstić information content (AvgIpc) is 3.17. The zero-order chi connectivity index (χ0) is 20.9. The lowest BCUT2D eigenvalue weighted by atomic mass is 9.76. The fourth-order valence-corrected chi connectivity index (χ4v) is 4.56. The summed E-state index contributed by atoms with van der Waals surface area (Å²) in [5.74, 6) is 2.45. The SMILES string of the molecule is [CH2]C1CC(c2nc(-c3ccc4ccc(-c5ccccc5)nc4c3)c3c(N)nccn23)C1. The van der Waals surface area contributed by atoms with Gasteiger partial charge in [-0.15, -0.1) is 0 Å². The molecule has 3 heterocycles. The highest BCUT2D eigenvalue weighted by Crippen LogP contribution is 2.42. The van der Waals surface area contributed by atoms with E-state index in [0.29, 0.717) is 17.7 Å². The normalized spacial score (nSPS) is 18.4. The van der Waals surface area contributed by atoms with Gasteiger partial charge in [0.1, 0.15) is 22.9 Å². The van der Waals surface area contributed by atoms with Gasteiger partial charge in [0.05, 0.1) is 11.2 Å². The molecule has 5 nitrogen and oxygen atoms in total. The summed E-state index contributed by atoms with van der Waals surface area (Å²) >= 11 is 0. The van der Waals surface area contributed by atoms with Crippen LogP contribution in [0.4, 0.5) is 5.82 Å². The number of aromatic nitrogens is 4. The quantitative estimate of drug-likeness (QED) is 0.430. The standard InChI is InChI=1S/C26H22N5/c1-16-13-20(14-16)26-30-23(24-25(27)28-11-12-31(24)26)19-8-7-18-9-10-21(29-22(18)15-19)17-5-3-2-4-6-17/h2-12,15-16,20H,1,13-14H2,(H2,27,28). The number of fused-ring (bicyclic) bond motifs is 2. The lowest BCUT2D eigenvalue weighted by Gasteiger charge is -2.31. The third kappa shape index (κ3) is 2.96. The Morgan fingerprint density at radius 1 is 0.935 bits per heavy atom. The van der Waals surface area contributed by atoms with Gasteiger partial charge in [-0.3, -0.25) is 4.40 Å². The van der Waals surface area contributed by atoms with Crippen molar-refractivity contribution in [1.82, 2.24) is 19.4 Å². The molecule has 3 aromatic heterocycles. The number of nitrogen functional groups attached to an aromatic ring is 1. The summed E-state index contributed by atoms with van der Waals surface area (Å²) in [6.07, 6.45) is 5.81. The lowest BCUT2D eigenvalue weighted by Crippen LogP contribution is -2.21. The predicted octanol–water partition coefficient (Wildman–Crippen LogP) is 5.52. The molecular weight excluding hydrogens is 382 g/mol. The van der Waals surface area contributed by atoms with Gasteiger partial charge >= 0.3 is 0 Å². The van der Waals surface area contributed by atoms with E-state index < -0.39 is 0 Å². The van der Waals surface area contributed by atoms with E-state index in [0.717, 1.165) is 57.6 Å². The van der Waals surface area contributed by atoms with Crippen molar-refractivity contribution in [3.05, 3.63) is 85.8 Å². The van der Waals surface area contributed by atoms with Crippen molar-refractivity contribution in [3.8, 4) is 22.5 Å². The Morgan fingerprint density at radius 3 is 2.55 bits per heavy atom. The number of rotatable bonds is 3. The van der Waals surface area contributed by atoms with Crippen LogP contribution in [0.25, 0.3) is 38.9 Å². The Morgan fingerprint density at radius 2 is 1.74 bits per heavy atom. The van der Waals surface area contributed by atoms with Crippen LogP contribution in [0.5, 0.6) is 0 Å². The van der Waals surface area contributed by atoms with E-state index in [1.807, 2.05) is 24.4 Å². The van der Waals surface area contributed by atoms with Crippen LogP contribution >= 0.6 is 0 Å². The van der Waals surface area contributed by atoms with Crippen LogP contribution in [0.1, 0.15) is 24.6 Å². The van der Waals surface area contributed by atoms with Gasteiger partial charge in [0.15, 0.2) is 0 Å². The maximum atomic E-state index is 6.31. The van der Waals surface area contributed by atoms with Crippen molar-refractivity contribution in [1.29, 1.82) is 0 Å². The van der Waals surface area contributed by atoms with E-state index in [4.69, 9.17) is 15.7 Å². The summed E-state index contributed by atoms with van der Waals surface area (Å²) in [7, 11) is 0. The van der Waals surface area contributed by atoms with E-state index in [1.165, 1.54) is 0 Å². The van der Waals surface area contributed by atoms with Gasteiger partial charge < -0.3 is 5.73 Å². The molecule has 0 amide bonds. The van der Waals surface area contributed by atoms with E-state index >= 15 is 0 Å². The minimum Gasteiger partial charge on any atom is -0.382 e. The fraction of sp³-hybridized carbons (Fsp3) is 0.154. The number of nitrogens with two attached hydrogens (primary N) is 1. The van der Waals surface area contributed by atoms with E-state index in [1.54, 1.807) is 6.20 Å². The van der Waals surface area contributed by atoms with Gasteiger partial charge in [0, 0.05) is 34.8 Å². The molecule has 1 saturated carbocycles. The number of hydrogen-bond acceptors (Lipinski definition) is 4. The molecule has 31 heavy (non-hydrogen) atoms. The molecule has 0 aliphatic heterocycles. The number of hydrogen-bond donors (Lipinski definition) is 1. The molecule has 0 saturated heterocycles. The Hall–Kier alpha value is -3.73. The van der Waals surface area contributed by atoms with E-state index in [9.17, 15) is 0 Å². The van der Waals surface area contributed by atoms with Crippen molar-refractivity contribution in [2.75, 3.05) is 5.73 Å². The first kappa shape index (κ1) is 18.1. The van der Waals surface area contributed by atoms with Crippen molar-refractivity contribution in [3.63, 3.8) is 0 Å². The molecule has 2 aromatic carbocycles. The maximum absolute atomic E-state index is 6.31. The van der Waals surface area contributed by atoms with Crippen molar-refractivity contribution in [2.45, 2.75) is 18.8 Å². The molecule has 1 radical (unpaired) electrons. The molecule has 0 atom stereocenters. The number of benzene rings is 2. The lowest BCUT2D eigenvalue weighted by molar-refractivity contribution is 0.307. The Kier molecular flexibility index (Phi) is 4.03. The zero-order valence-electron chi connectivity index (χ0n) is 17.1. The van der Waals surface area contributed by atoms with Crippen LogP contribution in [-0.2, 0) is 0 Å². The zero-order valence-corrected chi connectivity index (χ0v) is 17.1. The highest BCUT2D eigenvalue weighted by molar-refractivity contribution is 5.91. The summed E-state index contributed by atoms with van der Waals surface area (Å²) in [5.41, 5.74) is 12.0. The Bertz CT molecular complexity index is 1410. The number of anilines is 1. The molecule has 0 spiro atoms. The smallest absolute Gasteiger partial charge is 0.150 e. The topological polar surface area (TPSA) is 69.1 Å². The average molecular weight is 404 g/mol. The second kappa shape index (κ2) is 6.91. The van der Waals surface area contributed by atoms with Crippen LogP contribution < -0.4 is 5.73 Å². The molecule has 1 aliphatic carbocycles. The first-order valence-electron chi connectivity index (χ1n) is 10.6. The largest absolute Gasteiger partial charge is 0.382 e. The second-order valence-corrected chi connectivity index (χ2v) is 8.35. The predicted molar refractivity (Wildman–Crippen MR) is 124 cm³/mol. The van der Waals surface area contributed by atoms with E-state index in [-0.39, 0.29) is 0 Å². The summed E-state index contributed by atoms with van der Waals surface area (Å²) in [6, 6.07) is 20.7. The van der Waals surface area contributed by atoms with Gasteiger partial charge in [-0.05, 0) is 30.9 Å². The van der Waals surface area contributed by atoms with Crippen LogP contribution in [0.2, 0.25) is 0 Å². The van der Waals surface area contributed by atoms with Gasteiger partial charge in [-0.2, -0.15) is 0 Å². The molecule has 6 rings (SSSR count). The molecule has 0 bridgehead atoms. The summed E-state index contributed by atoms with van der Waals surface area (Å²) in [6.45, 7) is 4.17. The molecule has 5 aromatic rings. The van der Waals surface area contributed by atoms with Crippen LogP contribution in [0.15, 0.2) is 73.1 Å². The molecule has 0 unspecified atom stereocenters. The maximum Gasteiger partial charge on any atom is 0.150 e. The molecular formula is C26H22N5. The first-order valence-corrected chi connectivity index (χ1v) is 10.6. The van der Waals surface area contributed by atoms with Gasteiger partial charge in [-0.25, -0.2) is 15.0 Å². The molecule has 151 valence electrons. The number of pyridine rings is 1. The van der Waals surface area contributed by atoms with Crippen LogP contribution in [0.3, 0.4) is 0 Å². The summed E-state index contributed by atoms with van der Waals surface area (Å²) in [5, 5.41) is 1.09. The molecule has 2 N–H and O–H groups in total. The third-order valence-electron chi connectivity index (χ3n) is 6.25. The number of imidazole rings is 1. The number of nitrogens with zero attached hydrogens (tertiary/aromatic N) is 4. The minimum atomic E-state index is 0.411. The third-order valence-corrected chi connectivity index (χ3v) is 6.25. The molecule has 1 aliphatic rings. The summed E-state index contributed by atoms with van der Waals surface area (Å²) in [4.78, 5) is 14.3. The first-order chi connectivity index (χ1) is 15.2. The van der Waals surface area contributed by atoms with Gasteiger partial charge in [-0.1, -0.05) is 55.5 Å². The van der Waals surface area contributed by atoms with Crippen molar-refractivity contribution < 1.29 is 0 Å². The summed E-state index contributed by atoms with van der Waals surface area (Å²) < 4.78 is 2.10. The van der Waals surface area contributed by atoms with Crippen LogP contribution in [-0.4, -0.2) is 19.4 Å². The van der Waals surface area contributed by atoms with Gasteiger partial charge in [0.2, 0.25) is 0 Å². The molecule has 1 fully saturated rings. The fourth-order valence-electron chi connectivity index (χ4n) is 4.56. The van der Waals surface area contributed by atoms with Crippen molar-refractivity contribution in [2.24, 2.45) is 5.92 Å². The minimum absolute atomic E-state index is 0.411. The Balaban J connectivity index is 1.51. The van der Waals surface area contributed by atoms with Gasteiger partial charge in [0.25, 0.3) is 0 Å². The highest BCUT2D eigenvalue weighted by atomic mass is 15.1. The van der Waals surface area contributed by atoms with Crippen LogP contribution in [0, 0.1) is 12.8 Å². The van der Waals surface area contributed by atoms with Crippen molar-refractivity contribution >= 4 is 22.2 Å². The highest BCUT2D eigenvalue weighted by Gasteiger charge is 2.31. The Labute approximate surface area is 180 Å². The van der Waals surface area contributed by atoms with E-state index in [2.05, 4.69) is 58.8 Å². The monoisotopic (exact) mass is 404 g/mol. The molecule has 5 heteroatoms.